The van der Waals surface area contributed by atoms with Gasteiger partial charge in [-0.3, -0.25) is 0 Å². The van der Waals surface area contributed by atoms with Gasteiger partial charge < -0.3 is 14.8 Å². The summed E-state index contributed by atoms with van der Waals surface area (Å²) in [7, 11) is 0. The number of hydrogen-bond donors (Lipinski definition) is 2. The van der Waals surface area contributed by atoms with E-state index in [4.69, 9.17) is 16.7 Å². The summed E-state index contributed by atoms with van der Waals surface area (Å²) in [6.07, 6.45) is 6.74. The first-order chi connectivity index (χ1) is 9.22. The molecule has 2 heterocycles. The highest BCUT2D eigenvalue weighted by atomic mass is 35.5. The average molecular weight is 281 g/mol. The molecule has 0 aromatic carbocycles. The summed E-state index contributed by atoms with van der Waals surface area (Å²) < 4.78 is 1.78. The molecule has 0 saturated carbocycles. The quantitative estimate of drug-likeness (QED) is 0.646. The molecule has 2 aromatic rings. The van der Waals surface area contributed by atoms with Gasteiger partial charge in [-0.2, -0.15) is 0 Å². The molecule has 19 heavy (non-hydrogen) atoms. The topological polar surface area (TPSA) is 84.1 Å². The lowest BCUT2D eigenvalue weighted by atomic mass is 10.0. The van der Waals surface area contributed by atoms with Crippen molar-refractivity contribution < 1.29 is 10.2 Å². The van der Waals surface area contributed by atoms with Crippen LogP contribution in [0.5, 0.6) is 0 Å². The fourth-order valence-corrected chi connectivity index (χ4v) is 2.63. The zero-order chi connectivity index (χ0) is 13.4. The fraction of sp³-hybridized carbons (Fsp3) is 0.417. The van der Waals surface area contributed by atoms with Crippen LogP contribution in [0, 0.1) is 5.92 Å². The summed E-state index contributed by atoms with van der Waals surface area (Å²) in [6, 6.07) is -0.243. The molecule has 0 unspecified atom stereocenters. The molecular weight excluding hydrogens is 268 g/mol. The zero-order valence-corrected chi connectivity index (χ0v) is 10.8. The molecule has 0 spiro atoms. The Bertz CT molecular complexity index is 627. The Morgan fingerprint density at radius 1 is 1.26 bits per heavy atom. The molecule has 1 aliphatic carbocycles. The van der Waals surface area contributed by atoms with E-state index in [9.17, 15) is 5.11 Å². The van der Waals surface area contributed by atoms with Crippen LogP contribution < -0.4 is 0 Å². The van der Waals surface area contributed by atoms with Crippen molar-refractivity contribution >= 4 is 22.8 Å². The molecule has 0 bridgehead atoms. The Morgan fingerprint density at radius 3 is 2.89 bits per heavy atom. The molecule has 7 heteroatoms. The van der Waals surface area contributed by atoms with Gasteiger partial charge in [-0.1, -0.05) is 23.8 Å². The predicted octanol–water partition coefficient (Wildman–Crippen LogP) is 0.950. The molecule has 0 amide bonds. The lowest BCUT2D eigenvalue weighted by molar-refractivity contribution is 0.0925. The first kappa shape index (κ1) is 12.5. The molecule has 6 nitrogen and oxygen atoms in total. The van der Waals surface area contributed by atoms with Crippen molar-refractivity contribution in [2.75, 3.05) is 6.61 Å². The van der Waals surface area contributed by atoms with Crippen molar-refractivity contribution in [2.45, 2.75) is 18.6 Å². The zero-order valence-electron chi connectivity index (χ0n) is 10.0. The van der Waals surface area contributed by atoms with Gasteiger partial charge in [0.2, 0.25) is 0 Å². The molecule has 0 fully saturated rings. The predicted molar refractivity (Wildman–Crippen MR) is 69.7 cm³/mol. The molecule has 2 aromatic heterocycles. The smallest absolute Gasteiger partial charge is 0.165 e. The van der Waals surface area contributed by atoms with Crippen LogP contribution in [-0.2, 0) is 0 Å². The van der Waals surface area contributed by atoms with Crippen molar-refractivity contribution in [3.05, 3.63) is 30.0 Å². The Hall–Kier alpha value is -1.50. The third-order valence-electron chi connectivity index (χ3n) is 3.44. The molecule has 1 aliphatic rings. The second-order valence-corrected chi connectivity index (χ2v) is 4.89. The third-order valence-corrected chi connectivity index (χ3v) is 3.72. The van der Waals surface area contributed by atoms with Crippen LogP contribution in [0.4, 0.5) is 0 Å². The second kappa shape index (κ2) is 4.88. The van der Waals surface area contributed by atoms with E-state index >= 15 is 0 Å². The van der Waals surface area contributed by atoms with Crippen LogP contribution in [0.1, 0.15) is 12.5 Å². The molecule has 3 atom stereocenters. The fourth-order valence-electron chi connectivity index (χ4n) is 2.45. The molecule has 0 radical (unpaired) electrons. The van der Waals surface area contributed by atoms with Crippen molar-refractivity contribution in [2.24, 2.45) is 5.92 Å². The minimum Gasteiger partial charge on any atom is -0.396 e. The highest BCUT2D eigenvalue weighted by Gasteiger charge is 2.31. The van der Waals surface area contributed by atoms with E-state index in [0.717, 1.165) is 0 Å². The van der Waals surface area contributed by atoms with Gasteiger partial charge >= 0.3 is 0 Å². The van der Waals surface area contributed by atoms with Crippen LogP contribution in [-0.4, -0.2) is 42.4 Å². The maximum atomic E-state index is 10.3. The summed E-state index contributed by atoms with van der Waals surface area (Å²) in [4.78, 5) is 12.2. The van der Waals surface area contributed by atoms with Gasteiger partial charge in [-0.25, -0.2) is 15.0 Å². The SMILES string of the molecule is OCC[C@@H]1C=C[C@H](n2cnc3c(Cl)ncnc32)[C@@H]1O. The molecule has 0 saturated heterocycles. The lowest BCUT2D eigenvalue weighted by Crippen LogP contribution is -2.25. The van der Waals surface area contributed by atoms with Crippen molar-refractivity contribution in [1.29, 1.82) is 0 Å². The Balaban J connectivity index is 1.98. The van der Waals surface area contributed by atoms with Crippen molar-refractivity contribution in [1.82, 2.24) is 19.5 Å². The number of aliphatic hydroxyl groups excluding tert-OH is 2. The number of nitrogens with zero attached hydrogens (tertiary/aromatic N) is 4. The summed E-state index contributed by atoms with van der Waals surface area (Å²) in [5.74, 6) is -0.0511. The van der Waals surface area contributed by atoms with Gasteiger partial charge in [0.25, 0.3) is 0 Å². The number of fused-ring (bicyclic) bond motifs is 1. The maximum Gasteiger partial charge on any atom is 0.165 e. The van der Waals surface area contributed by atoms with E-state index in [-0.39, 0.29) is 18.6 Å². The van der Waals surface area contributed by atoms with Crippen molar-refractivity contribution in [3.63, 3.8) is 0 Å². The molecular formula is C12H13ClN4O2. The standard InChI is InChI=1S/C12H13ClN4O2/c13-11-9-12(15-5-14-11)17(6-16-9)8-2-1-7(3-4-18)10(8)19/h1-2,5-8,10,18-19H,3-4H2/t7-,8-,10+/m0/s1. The van der Waals surface area contributed by atoms with E-state index < -0.39 is 6.10 Å². The number of imidazole rings is 1. The third kappa shape index (κ3) is 2.01. The number of rotatable bonds is 3. The number of halogens is 1. The van der Waals surface area contributed by atoms with Gasteiger partial charge in [0.15, 0.2) is 10.8 Å². The van der Waals surface area contributed by atoms with Crippen LogP contribution in [0.2, 0.25) is 5.15 Å². The van der Waals surface area contributed by atoms with E-state index in [1.165, 1.54) is 6.33 Å². The Kier molecular flexibility index (Phi) is 3.22. The number of aliphatic hydroxyl groups is 2. The van der Waals surface area contributed by atoms with Gasteiger partial charge in [0.05, 0.1) is 18.5 Å². The highest BCUT2D eigenvalue weighted by molar-refractivity contribution is 6.33. The van der Waals surface area contributed by atoms with Crippen LogP contribution in [0.3, 0.4) is 0 Å². The first-order valence-electron chi connectivity index (χ1n) is 6.02. The lowest BCUT2D eigenvalue weighted by Gasteiger charge is -2.20. The summed E-state index contributed by atoms with van der Waals surface area (Å²) in [5.41, 5.74) is 1.12. The summed E-state index contributed by atoms with van der Waals surface area (Å²) >= 11 is 5.95. The first-order valence-corrected chi connectivity index (χ1v) is 6.40. The Morgan fingerprint density at radius 2 is 2.11 bits per heavy atom. The molecule has 100 valence electrons. The maximum absolute atomic E-state index is 10.3. The van der Waals surface area contributed by atoms with Crippen LogP contribution in [0.15, 0.2) is 24.8 Å². The van der Waals surface area contributed by atoms with E-state index in [2.05, 4.69) is 15.0 Å². The monoisotopic (exact) mass is 280 g/mol. The van der Waals surface area contributed by atoms with E-state index in [0.29, 0.717) is 22.7 Å². The van der Waals surface area contributed by atoms with Gasteiger partial charge in [-0.15, -0.1) is 0 Å². The average Bonchev–Trinajstić information content (AvgIpc) is 2.96. The Labute approximate surface area is 114 Å². The summed E-state index contributed by atoms with van der Waals surface area (Å²) in [5, 5.41) is 19.5. The van der Waals surface area contributed by atoms with E-state index in [1.54, 1.807) is 10.9 Å². The molecule has 2 N–H and O–H groups in total. The minimum absolute atomic E-state index is 0.0511. The van der Waals surface area contributed by atoms with Crippen LogP contribution >= 0.6 is 11.6 Å². The van der Waals surface area contributed by atoms with Crippen molar-refractivity contribution in [3.8, 4) is 0 Å². The van der Waals surface area contributed by atoms with Crippen LogP contribution in [0.25, 0.3) is 11.2 Å². The molecule has 3 rings (SSSR count). The minimum atomic E-state index is -0.599. The van der Waals surface area contributed by atoms with Gasteiger partial charge in [0, 0.05) is 12.5 Å². The van der Waals surface area contributed by atoms with Gasteiger partial charge in [0.1, 0.15) is 11.8 Å². The highest BCUT2D eigenvalue weighted by Crippen LogP contribution is 2.32. The normalized spacial score (nSPS) is 26.4. The van der Waals surface area contributed by atoms with E-state index in [1.807, 2.05) is 12.2 Å². The van der Waals surface area contributed by atoms with Gasteiger partial charge in [-0.05, 0) is 6.42 Å². The largest absolute Gasteiger partial charge is 0.396 e. The second-order valence-electron chi connectivity index (χ2n) is 4.53. The summed E-state index contributed by atoms with van der Waals surface area (Å²) in [6.45, 7) is 0.0530. The number of aromatic nitrogens is 4. The molecule has 0 aliphatic heterocycles. The number of hydrogen-bond acceptors (Lipinski definition) is 5.